The van der Waals surface area contributed by atoms with E-state index in [4.69, 9.17) is 10.8 Å². The summed E-state index contributed by atoms with van der Waals surface area (Å²) in [5, 5.41) is 18.8. The van der Waals surface area contributed by atoms with Crippen molar-refractivity contribution in [2.75, 3.05) is 6.54 Å². The van der Waals surface area contributed by atoms with E-state index in [1.54, 1.807) is 6.20 Å². The third-order valence-electron chi connectivity index (χ3n) is 1.18. The number of hydrogen-bond donors (Lipinski definition) is 3. The van der Waals surface area contributed by atoms with Crippen molar-refractivity contribution in [2.24, 2.45) is 5.73 Å². The molecule has 5 heteroatoms. The summed E-state index contributed by atoms with van der Waals surface area (Å²) in [6.07, 6.45) is 1.52. The molecule has 0 spiro atoms. The predicted octanol–water partition coefficient (Wildman–Crippen LogP) is -1.33. The van der Waals surface area contributed by atoms with E-state index < -0.39 is 6.10 Å². The first-order valence-corrected chi connectivity index (χ1v) is 3.05. The third-order valence-corrected chi connectivity index (χ3v) is 1.18. The van der Waals surface area contributed by atoms with Crippen LogP contribution in [0.1, 0.15) is 5.69 Å². The Morgan fingerprint density at radius 1 is 1.80 bits per heavy atom. The van der Waals surface area contributed by atoms with Gasteiger partial charge in [-0.1, -0.05) is 0 Å². The Morgan fingerprint density at radius 3 is 3.10 bits per heavy atom. The van der Waals surface area contributed by atoms with Gasteiger partial charge in [-0.05, 0) is 0 Å². The summed E-state index contributed by atoms with van der Waals surface area (Å²) >= 11 is 0. The molecule has 0 radical (unpaired) electrons. The number of hydrogen-bond acceptors (Lipinski definition) is 4. The average Bonchev–Trinajstić information content (AvgIpc) is 2.40. The zero-order valence-corrected chi connectivity index (χ0v) is 5.49. The summed E-state index contributed by atoms with van der Waals surface area (Å²) in [5.41, 5.74) is 5.91. The molecule has 1 aromatic rings. The van der Waals surface area contributed by atoms with Crippen LogP contribution in [-0.2, 0) is 6.42 Å². The van der Waals surface area contributed by atoms with Crippen LogP contribution in [0.4, 0.5) is 0 Å². The molecule has 0 saturated carbocycles. The van der Waals surface area contributed by atoms with Gasteiger partial charge in [-0.15, -0.1) is 0 Å². The standard InChI is InChI=1S/C5H10N4O/c6-2-5(10)1-4-3-7-9-8-4/h3,5,10H,1-2,6H2,(H,7,8,9)/t5-/m0/s1. The number of aliphatic hydroxyl groups is 1. The highest BCUT2D eigenvalue weighted by Crippen LogP contribution is 1.93. The molecule has 56 valence electrons. The fourth-order valence-electron chi connectivity index (χ4n) is 0.648. The molecule has 5 nitrogen and oxygen atoms in total. The summed E-state index contributed by atoms with van der Waals surface area (Å²) in [6.45, 7) is 0.257. The number of nitrogens with one attached hydrogen (secondary N) is 1. The smallest absolute Gasteiger partial charge is 0.0850 e. The highest BCUT2D eigenvalue weighted by molar-refractivity contribution is 4.92. The van der Waals surface area contributed by atoms with Crippen molar-refractivity contribution in [3.8, 4) is 0 Å². The minimum Gasteiger partial charge on any atom is -0.391 e. The number of nitrogens with zero attached hydrogens (tertiary/aromatic N) is 2. The van der Waals surface area contributed by atoms with Gasteiger partial charge in [-0.2, -0.15) is 15.4 Å². The highest BCUT2D eigenvalue weighted by atomic mass is 16.3. The zero-order chi connectivity index (χ0) is 7.40. The van der Waals surface area contributed by atoms with Gasteiger partial charge in [0.15, 0.2) is 0 Å². The second-order valence-corrected chi connectivity index (χ2v) is 2.05. The Hall–Kier alpha value is -0.940. The minimum atomic E-state index is -0.509. The maximum absolute atomic E-state index is 9.02. The molecule has 0 fully saturated rings. The molecule has 4 N–H and O–H groups in total. The maximum atomic E-state index is 9.02. The van der Waals surface area contributed by atoms with Gasteiger partial charge >= 0.3 is 0 Å². The lowest BCUT2D eigenvalue weighted by atomic mass is 10.2. The van der Waals surface area contributed by atoms with Crippen molar-refractivity contribution in [3.05, 3.63) is 11.9 Å². The summed E-state index contributed by atoms with van der Waals surface area (Å²) in [5.74, 6) is 0. The SMILES string of the molecule is NC[C@@H](O)Cc1cn[nH]n1. The molecule has 0 amide bonds. The molecule has 0 aliphatic heterocycles. The number of H-pyrrole nitrogens is 1. The summed E-state index contributed by atoms with van der Waals surface area (Å²) < 4.78 is 0. The molecule has 0 aliphatic rings. The number of aliphatic hydroxyl groups excluding tert-OH is 1. The Balaban J connectivity index is 2.40. The lowest BCUT2D eigenvalue weighted by Gasteiger charge is -2.02. The van der Waals surface area contributed by atoms with E-state index in [9.17, 15) is 0 Å². The molecule has 10 heavy (non-hydrogen) atoms. The summed E-state index contributed by atoms with van der Waals surface area (Å²) in [4.78, 5) is 0. The monoisotopic (exact) mass is 142 g/mol. The van der Waals surface area contributed by atoms with Crippen LogP contribution in [0, 0.1) is 0 Å². The van der Waals surface area contributed by atoms with E-state index in [0.717, 1.165) is 5.69 Å². The molecule has 0 bridgehead atoms. The first-order valence-electron chi connectivity index (χ1n) is 3.05. The normalized spacial score (nSPS) is 13.4. The number of aromatic amines is 1. The van der Waals surface area contributed by atoms with E-state index in [2.05, 4.69) is 15.4 Å². The molecule has 0 aromatic carbocycles. The van der Waals surface area contributed by atoms with Crippen LogP contribution in [0.2, 0.25) is 0 Å². The topological polar surface area (TPSA) is 87.8 Å². The van der Waals surface area contributed by atoms with Gasteiger partial charge < -0.3 is 10.8 Å². The van der Waals surface area contributed by atoms with Crippen molar-refractivity contribution in [3.63, 3.8) is 0 Å². The first kappa shape index (κ1) is 7.17. The van der Waals surface area contributed by atoms with Crippen molar-refractivity contribution >= 4 is 0 Å². The maximum Gasteiger partial charge on any atom is 0.0850 e. The zero-order valence-electron chi connectivity index (χ0n) is 5.49. The highest BCUT2D eigenvalue weighted by Gasteiger charge is 2.03. The summed E-state index contributed by atoms with van der Waals surface area (Å²) in [6, 6.07) is 0. The van der Waals surface area contributed by atoms with Gasteiger partial charge in [0.25, 0.3) is 0 Å². The van der Waals surface area contributed by atoms with E-state index in [-0.39, 0.29) is 6.54 Å². The quantitative estimate of drug-likeness (QED) is 0.487. The van der Waals surface area contributed by atoms with Crippen molar-refractivity contribution in [1.82, 2.24) is 15.4 Å². The fraction of sp³-hybridized carbons (Fsp3) is 0.600. The lowest BCUT2D eigenvalue weighted by molar-refractivity contribution is 0.182. The largest absolute Gasteiger partial charge is 0.391 e. The molecule has 0 aliphatic carbocycles. The van der Waals surface area contributed by atoms with Crippen LogP contribution < -0.4 is 5.73 Å². The number of nitrogens with two attached hydrogens (primary N) is 1. The van der Waals surface area contributed by atoms with Crippen LogP contribution in [0.3, 0.4) is 0 Å². The van der Waals surface area contributed by atoms with Gasteiger partial charge in [-0.25, -0.2) is 0 Å². The van der Waals surface area contributed by atoms with Crippen molar-refractivity contribution in [1.29, 1.82) is 0 Å². The lowest BCUT2D eigenvalue weighted by Crippen LogP contribution is -2.22. The Bertz CT molecular complexity index is 174. The predicted molar refractivity (Wildman–Crippen MR) is 35.1 cm³/mol. The molecule has 1 atom stereocenters. The van der Waals surface area contributed by atoms with Crippen LogP contribution >= 0.6 is 0 Å². The van der Waals surface area contributed by atoms with Crippen LogP contribution in [0.5, 0.6) is 0 Å². The fourth-order valence-corrected chi connectivity index (χ4v) is 0.648. The first-order chi connectivity index (χ1) is 4.83. The summed E-state index contributed by atoms with van der Waals surface area (Å²) in [7, 11) is 0. The van der Waals surface area contributed by atoms with Gasteiger partial charge in [0.05, 0.1) is 18.0 Å². The van der Waals surface area contributed by atoms with Crippen molar-refractivity contribution in [2.45, 2.75) is 12.5 Å². The molecule has 0 unspecified atom stereocenters. The number of rotatable bonds is 3. The van der Waals surface area contributed by atoms with Crippen LogP contribution in [0.15, 0.2) is 6.20 Å². The van der Waals surface area contributed by atoms with Gasteiger partial charge in [0.1, 0.15) is 0 Å². The third kappa shape index (κ3) is 1.78. The average molecular weight is 142 g/mol. The minimum absolute atomic E-state index is 0.257. The Kier molecular flexibility index (Phi) is 2.35. The van der Waals surface area contributed by atoms with Crippen molar-refractivity contribution < 1.29 is 5.11 Å². The molecular formula is C5H10N4O. The van der Waals surface area contributed by atoms with Gasteiger partial charge in [-0.3, -0.25) is 0 Å². The Morgan fingerprint density at radius 2 is 2.60 bits per heavy atom. The van der Waals surface area contributed by atoms with E-state index in [1.807, 2.05) is 0 Å². The Labute approximate surface area is 58.2 Å². The van der Waals surface area contributed by atoms with E-state index in [0.29, 0.717) is 6.42 Å². The van der Waals surface area contributed by atoms with Gasteiger partial charge in [0.2, 0.25) is 0 Å². The van der Waals surface area contributed by atoms with Gasteiger partial charge in [0, 0.05) is 13.0 Å². The molecule has 1 rings (SSSR count). The molecular weight excluding hydrogens is 132 g/mol. The van der Waals surface area contributed by atoms with E-state index in [1.165, 1.54) is 0 Å². The van der Waals surface area contributed by atoms with Crippen LogP contribution in [-0.4, -0.2) is 33.2 Å². The number of aromatic nitrogens is 3. The molecule has 1 heterocycles. The second-order valence-electron chi connectivity index (χ2n) is 2.05. The second kappa shape index (κ2) is 3.28. The molecule has 1 aromatic heterocycles. The molecule has 0 saturated heterocycles. The van der Waals surface area contributed by atoms with Crippen LogP contribution in [0.25, 0.3) is 0 Å². The van der Waals surface area contributed by atoms with E-state index >= 15 is 0 Å².